The highest BCUT2D eigenvalue weighted by atomic mass is 32.1. The van der Waals surface area contributed by atoms with Crippen molar-refractivity contribution in [1.29, 1.82) is 0 Å². The van der Waals surface area contributed by atoms with Gasteiger partial charge in [-0.1, -0.05) is 35.9 Å². The van der Waals surface area contributed by atoms with E-state index in [1.54, 1.807) is 16.2 Å². The lowest BCUT2D eigenvalue weighted by Crippen LogP contribution is -2.46. The Morgan fingerprint density at radius 3 is 2.43 bits per heavy atom. The zero-order valence-electron chi connectivity index (χ0n) is 19.2. The van der Waals surface area contributed by atoms with E-state index in [0.29, 0.717) is 6.54 Å². The number of carbonyl (C=O) groups is 2. The van der Waals surface area contributed by atoms with Gasteiger partial charge in [0.2, 0.25) is 5.91 Å². The lowest BCUT2D eigenvalue weighted by molar-refractivity contribution is -0.137. The molecule has 0 saturated carbocycles. The Bertz CT molecular complexity index is 1220. The van der Waals surface area contributed by atoms with Gasteiger partial charge in [0, 0.05) is 23.5 Å². The second-order valence-electron chi connectivity index (χ2n) is 8.50. The van der Waals surface area contributed by atoms with Gasteiger partial charge in [0.05, 0.1) is 11.6 Å². The first-order valence-electron chi connectivity index (χ1n) is 11.2. The first kappa shape index (κ1) is 24.7. The van der Waals surface area contributed by atoms with Crippen LogP contribution in [0, 0.1) is 6.92 Å². The van der Waals surface area contributed by atoms with Crippen LogP contribution in [0.4, 0.5) is 13.2 Å². The molecular formula is C27H25F3N2O2S. The van der Waals surface area contributed by atoms with Crippen molar-refractivity contribution in [2.24, 2.45) is 0 Å². The molecule has 0 bridgehead atoms. The fourth-order valence-corrected chi connectivity index (χ4v) is 5.21. The van der Waals surface area contributed by atoms with Gasteiger partial charge in [-0.2, -0.15) is 13.2 Å². The molecule has 0 radical (unpaired) electrons. The lowest BCUT2D eigenvalue weighted by Gasteiger charge is -2.37. The minimum Gasteiger partial charge on any atom is -0.330 e. The normalized spacial score (nSPS) is 15.4. The standard InChI is InChI=1S/C27H25F3N2O2S/c1-3-14-31(26(34)20-8-10-21(11-9-20)27(28,29)30)17-24(33)32-15-12-23-22(13-16-35-23)25(32)19-6-4-18(2)5-7-19/h3-11,13,16,25H,1,12,14-15,17H2,2H3. The maximum absolute atomic E-state index is 13.5. The second-order valence-corrected chi connectivity index (χ2v) is 9.50. The van der Waals surface area contributed by atoms with Gasteiger partial charge in [0.25, 0.3) is 5.91 Å². The zero-order valence-corrected chi connectivity index (χ0v) is 20.0. The van der Waals surface area contributed by atoms with Crippen molar-refractivity contribution >= 4 is 23.2 Å². The molecule has 1 atom stereocenters. The number of thiophene rings is 1. The van der Waals surface area contributed by atoms with E-state index < -0.39 is 17.6 Å². The van der Waals surface area contributed by atoms with Crippen LogP contribution in [-0.4, -0.2) is 41.2 Å². The van der Waals surface area contributed by atoms with Gasteiger partial charge in [0.1, 0.15) is 6.54 Å². The quantitative estimate of drug-likeness (QED) is 0.399. The molecule has 2 amide bonds. The van der Waals surface area contributed by atoms with Crippen LogP contribution in [0.1, 0.15) is 43.5 Å². The number of carbonyl (C=O) groups excluding carboxylic acids is 2. The van der Waals surface area contributed by atoms with Crippen LogP contribution in [0.5, 0.6) is 0 Å². The highest BCUT2D eigenvalue weighted by Gasteiger charge is 2.34. The van der Waals surface area contributed by atoms with E-state index in [4.69, 9.17) is 0 Å². The number of nitrogens with zero attached hydrogens (tertiary/aromatic N) is 2. The summed E-state index contributed by atoms with van der Waals surface area (Å²) in [6.07, 6.45) is -2.26. The van der Waals surface area contributed by atoms with Crippen LogP contribution >= 0.6 is 11.3 Å². The van der Waals surface area contributed by atoms with Crippen molar-refractivity contribution in [2.45, 2.75) is 25.6 Å². The number of amides is 2. The summed E-state index contributed by atoms with van der Waals surface area (Å²) in [4.78, 5) is 31.0. The van der Waals surface area contributed by atoms with Gasteiger partial charge < -0.3 is 9.80 Å². The Morgan fingerprint density at radius 2 is 1.80 bits per heavy atom. The number of benzene rings is 2. The monoisotopic (exact) mass is 498 g/mol. The molecule has 1 aliphatic rings. The molecule has 182 valence electrons. The van der Waals surface area contributed by atoms with E-state index in [2.05, 4.69) is 6.58 Å². The van der Waals surface area contributed by atoms with Gasteiger partial charge in [0.15, 0.2) is 0 Å². The Labute approximate surface area is 206 Å². The largest absolute Gasteiger partial charge is 0.416 e. The van der Waals surface area contributed by atoms with E-state index in [1.807, 2.05) is 42.6 Å². The van der Waals surface area contributed by atoms with E-state index in [1.165, 1.54) is 15.9 Å². The average molecular weight is 499 g/mol. The Hall–Kier alpha value is -3.39. The van der Waals surface area contributed by atoms with E-state index in [9.17, 15) is 22.8 Å². The van der Waals surface area contributed by atoms with Crippen molar-refractivity contribution in [2.75, 3.05) is 19.6 Å². The molecule has 4 nitrogen and oxygen atoms in total. The number of aryl methyl sites for hydroxylation is 1. The molecule has 4 rings (SSSR count). The van der Waals surface area contributed by atoms with Crippen molar-refractivity contribution < 1.29 is 22.8 Å². The van der Waals surface area contributed by atoms with Crippen molar-refractivity contribution in [3.63, 3.8) is 0 Å². The van der Waals surface area contributed by atoms with Crippen LogP contribution in [0.3, 0.4) is 0 Å². The molecule has 0 fully saturated rings. The summed E-state index contributed by atoms with van der Waals surface area (Å²) < 4.78 is 38.7. The molecule has 0 saturated heterocycles. The number of hydrogen-bond acceptors (Lipinski definition) is 3. The molecule has 2 heterocycles. The summed E-state index contributed by atoms with van der Waals surface area (Å²) >= 11 is 1.67. The SMILES string of the molecule is C=CCN(CC(=O)N1CCc2sccc2C1c1ccc(C)cc1)C(=O)c1ccc(C(F)(F)F)cc1. The van der Waals surface area contributed by atoms with Crippen molar-refractivity contribution in [3.8, 4) is 0 Å². The molecule has 0 spiro atoms. The zero-order chi connectivity index (χ0) is 25.2. The minimum atomic E-state index is -4.49. The molecule has 3 aromatic rings. The summed E-state index contributed by atoms with van der Waals surface area (Å²) in [6, 6.07) is 13.9. The number of alkyl halides is 3. The topological polar surface area (TPSA) is 40.6 Å². The van der Waals surface area contributed by atoms with Gasteiger partial charge in [-0.25, -0.2) is 0 Å². The third-order valence-electron chi connectivity index (χ3n) is 6.10. The predicted molar refractivity (Wildman–Crippen MR) is 130 cm³/mol. The van der Waals surface area contributed by atoms with Gasteiger partial charge in [-0.05, 0) is 60.2 Å². The molecule has 1 unspecified atom stereocenters. The van der Waals surface area contributed by atoms with Gasteiger partial charge >= 0.3 is 6.18 Å². The van der Waals surface area contributed by atoms with E-state index in [0.717, 1.165) is 47.4 Å². The van der Waals surface area contributed by atoms with Crippen LogP contribution in [0.2, 0.25) is 0 Å². The van der Waals surface area contributed by atoms with Crippen LogP contribution in [0.15, 0.2) is 72.6 Å². The third kappa shape index (κ3) is 5.32. The summed E-state index contributed by atoms with van der Waals surface area (Å²) in [6.45, 7) is 6.08. The third-order valence-corrected chi connectivity index (χ3v) is 7.10. The number of rotatable bonds is 6. The first-order chi connectivity index (χ1) is 16.7. The molecule has 35 heavy (non-hydrogen) atoms. The van der Waals surface area contributed by atoms with Gasteiger partial charge in [-0.15, -0.1) is 17.9 Å². The van der Waals surface area contributed by atoms with Crippen molar-refractivity contribution in [3.05, 3.63) is 105 Å². The lowest BCUT2D eigenvalue weighted by atomic mass is 9.92. The predicted octanol–water partition coefficient (Wildman–Crippen LogP) is 5.88. The second kappa shape index (κ2) is 10.1. The molecule has 0 aliphatic carbocycles. The summed E-state index contributed by atoms with van der Waals surface area (Å²) in [5.41, 5.74) is 2.45. The molecular weight excluding hydrogens is 473 g/mol. The van der Waals surface area contributed by atoms with Gasteiger partial charge in [-0.3, -0.25) is 9.59 Å². The molecule has 1 aromatic heterocycles. The summed E-state index contributed by atoms with van der Waals surface area (Å²) in [5.74, 6) is -0.748. The smallest absolute Gasteiger partial charge is 0.330 e. The van der Waals surface area contributed by atoms with E-state index in [-0.39, 0.29) is 30.6 Å². The van der Waals surface area contributed by atoms with Crippen LogP contribution in [-0.2, 0) is 17.4 Å². The maximum Gasteiger partial charge on any atom is 0.416 e. The highest BCUT2D eigenvalue weighted by molar-refractivity contribution is 7.10. The molecule has 2 aromatic carbocycles. The number of hydrogen-bond donors (Lipinski definition) is 0. The Morgan fingerprint density at radius 1 is 1.11 bits per heavy atom. The van der Waals surface area contributed by atoms with Crippen LogP contribution in [0.25, 0.3) is 0 Å². The Kier molecular flexibility index (Phi) is 7.12. The van der Waals surface area contributed by atoms with Crippen LogP contribution < -0.4 is 0 Å². The number of fused-ring (bicyclic) bond motifs is 1. The Balaban J connectivity index is 1.58. The molecule has 1 aliphatic heterocycles. The maximum atomic E-state index is 13.5. The summed E-state index contributed by atoms with van der Waals surface area (Å²) in [7, 11) is 0. The fourth-order valence-electron chi connectivity index (χ4n) is 4.31. The first-order valence-corrected chi connectivity index (χ1v) is 12.1. The summed E-state index contributed by atoms with van der Waals surface area (Å²) in [5, 5.41) is 2.03. The molecule has 8 heteroatoms. The average Bonchev–Trinajstić information content (AvgIpc) is 3.32. The minimum absolute atomic E-state index is 0.0847. The fraction of sp³-hybridized carbons (Fsp3) is 0.259. The van der Waals surface area contributed by atoms with E-state index >= 15 is 0 Å². The van der Waals surface area contributed by atoms with Crippen molar-refractivity contribution in [1.82, 2.24) is 9.80 Å². The number of halogens is 3. The molecule has 0 N–H and O–H groups in total. The highest BCUT2D eigenvalue weighted by Crippen LogP contribution is 2.38.